The SMILES string of the molecule is CCN=C1SN(C)S(=O)(=O)c2ccc(OC)cc21. The summed E-state index contributed by atoms with van der Waals surface area (Å²) in [6.07, 6.45) is 0. The molecule has 0 fully saturated rings. The van der Waals surface area contributed by atoms with Crippen molar-refractivity contribution >= 4 is 27.0 Å². The molecule has 0 aromatic heterocycles. The van der Waals surface area contributed by atoms with Crippen LogP contribution in [0.2, 0.25) is 0 Å². The molecule has 0 spiro atoms. The van der Waals surface area contributed by atoms with E-state index in [0.717, 1.165) is 11.9 Å². The van der Waals surface area contributed by atoms with Gasteiger partial charge in [-0.1, -0.05) is 0 Å². The molecule has 0 bridgehead atoms. The third kappa shape index (κ3) is 2.13. The molecule has 0 unspecified atom stereocenters. The van der Waals surface area contributed by atoms with E-state index in [-0.39, 0.29) is 4.90 Å². The Bertz CT molecular complexity index is 596. The first-order chi connectivity index (χ1) is 8.50. The molecular formula is C11H14N2O3S2. The minimum absolute atomic E-state index is 0.275. The van der Waals surface area contributed by atoms with E-state index < -0.39 is 10.0 Å². The van der Waals surface area contributed by atoms with E-state index in [1.54, 1.807) is 25.3 Å². The van der Waals surface area contributed by atoms with Gasteiger partial charge in [0, 0.05) is 19.2 Å². The number of benzene rings is 1. The van der Waals surface area contributed by atoms with Crippen molar-refractivity contribution in [3.63, 3.8) is 0 Å². The Labute approximate surface area is 111 Å². The third-order valence-electron chi connectivity index (χ3n) is 2.55. The van der Waals surface area contributed by atoms with Crippen LogP contribution in [0, 0.1) is 0 Å². The zero-order chi connectivity index (χ0) is 13.3. The average Bonchev–Trinajstić information content (AvgIpc) is 2.36. The van der Waals surface area contributed by atoms with Gasteiger partial charge in [0.15, 0.2) is 0 Å². The Morgan fingerprint density at radius 3 is 2.78 bits per heavy atom. The second kappa shape index (κ2) is 4.91. The molecule has 0 saturated heterocycles. The van der Waals surface area contributed by atoms with E-state index >= 15 is 0 Å². The van der Waals surface area contributed by atoms with Crippen molar-refractivity contribution in [1.29, 1.82) is 0 Å². The summed E-state index contributed by atoms with van der Waals surface area (Å²) in [5, 5.41) is 0.698. The number of sulfonamides is 1. The number of fused-ring (bicyclic) bond motifs is 1. The van der Waals surface area contributed by atoms with Gasteiger partial charge in [0.1, 0.15) is 10.8 Å². The summed E-state index contributed by atoms with van der Waals surface area (Å²) in [5.41, 5.74) is 0.610. The molecule has 0 amide bonds. The minimum Gasteiger partial charge on any atom is -0.497 e. The second-order valence-electron chi connectivity index (χ2n) is 3.65. The average molecular weight is 286 g/mol. The van der Waals surface area contributed by atoms with Crippen LogP contribution >= 0.6 is 11.9 Å². The lowest BCUT2D eigenvalue weighted by Crippen LogP contribution is -2.29. The number of hydrogen-bond acceptors (Lipinski definition) is 5. The minimum atomic E-state index is -3.44. The maximum atomic E-state index is 12.2. The highest BCUT2D eigenvalue weighted by atomic mass is 32.3. The van der Waals surface area contributed by atoms with Crippen LogP contribution in [0.5, 0.6) is 5.75 Å². The van der Waals surface area contributed by atoms with Gasteiger partial charge >= 0.3 is 0 Å². The van der Waals surface area contributed by atoms with Crippen LogP contribution in [0.1, 0.15) is 12.5 Å². The van der Waals surface area contributed by atoms with Gasteiger partial charge in [-0.25, -0.2) is 8.42 Å². The van der Waals surface area contributed by atoms with Gasteiger partial charge in [0.25, 0.3) is 10.0 Å². The molecule has 0 saturated carbocycles. The highest BCUT2D eigenvalue weighted by Crippen LogP contribution is 2.36. The number of rotatable bonds is 2. The van der Waals surface area contributed by atoms with Crippen LogP contribution in [0.15, 0.2) is 28.1 Å². The topological polar surface area (TPSA) is 59.0 Å². The summed E-state index contributed by atoms with van der Waals surface area (Å²) in [6, 6.07) is 4.91. The van der Waals surface area contributed by atoms with E-state index in [1.807, 2.05) is 6.92 Å². The molecular weight excluding hydrogens is 272 g/mol. The maximum absolute atomic E-state index is 12.2. The first-order valence-corrected chi connectivity index (χ1v) is 7.61. The second-order valence-corrected chi connectivity index (χ2v) is 6.93. The number of ether oxygens (including phenoxy) is 1. The number of hydrogen-bond donors (Lipinski definition) is 0. The van der Waals surface area contributed by atoms with Crippen LogP contribution < -0.4 is 4.74 Å². The standard InChI is InChI=1S/C11H14N2O3S2/c1-4-12-11-9-7-8(16-3)5-6-10(9)18(14,15)13(2)17-11/h5-7H,4H2,1-3H3. The first-order valence-electron chi connectivity index (χ1n) is 5.40. The highest BCUT2D eigenvalue weighted by molar-refractivity contribution is 8.19. The van der Waals surface area contributed by atoms with E-state index in [2.05, 4.69) is 4.99 Å². The fourth-order valence-electron chi connectivity index (χ4n) is 1.64. The summed E-state index contributed by atoms with van der Waals surface area (Å²) in [6.45, 7) is 2.52. The Balaban J connectivity index is 2.69. The van der Waals surface area contributed by atoms with E-state index in [0.29, 0.717) is 22.9 Å². The normalized spacial score (nSPS) is 20.7. The van der Waals surface area contributed by atoms with E-state index in [1.165, 1.54) is 10.8 Å². The van der Waals surface area contributed by atoms with Crippen LogP contribution in [-0.4, -0.2) is 37.9 Å². The van der Waals surface area contributed by atoms with Gasteiger partial charge in [-0.3, -0.25) is 4.99 Å². The van der Waals surface area contributed by atoms with Crippen molar-refractivity contribution in [2.75, 3.05) is 20.7 Å². The van der Waals surface area contributed by atoms with Crippen molar-refractivity contribution in [3.05, 3.63) is 23.8 Å². The van der Waals surface area contributed by atoms with Crippen LogP contribution in [0.25, 0.3) is 0 Å². The van der Waals surface area contributed by atoms with Crippen LogP contribution in [0.3, 0.4) is 0 Å². The molecule has 0 atom stereocenters. The zero-order valence-corrected chi connectivity index (χ0v) is 12.0. The molecule has 7 heteroatoms. The predicted octanol–water partition coefficient (Wildman–Crippen LogP) is 1.74. The molecule has 1 aromatic rings. The Morgan fingerprint density at radius 2 is 2.17 bits per heavy atom. The van der Waals surface area contributed by atoms with Gasteiger partial charge in [-0.15, -0.1) is 3.71 Å². The van der Waals surface area contributed by atoms with Gasteiger partial charge in [0.2, 0.25) is 0 Å². The van der Waals surface area contributed by atoms with Gasteiger partial charge in [0.05, 0.1) is 12.0 Å². The summed E-state index contributed by atoms with van der Waals surface area (Å²) in [5.74, 6) is 0.623. The lowest BCUT2D eigenvalue weighted by atomic mass is 10.2. The molecule has 2 rings (SSSR count). The molecule has 0 radical (unpaired) electrons. The fourth-order valence-corrected chi connectivity index (χ4v) is 4.20. The van der Waals surface area contributed by atoms with Crippen molar-refractivity contribution in [2.45, 2.75) is 11.8 Å². The van der Waals surface area contributed by atoms with Crippen LogP contribution in [-0.2, 0) is 10.0 Å². The molecule has 18 heavy (non-hydrogen) atoms. The Kier molecular flexibility index (Phi) is 3.65. The quantitative estimate of drug-likeness (QED) is 0.777. The van der Waals surface area contributed by atoms with E-state index in [4.69, 9.17) is 4.74 Å². The zero-order valence-electron chi connectivity index (χ0n) is 10.4. The van der Waals surface area contributed by atoms with Crippen LogP contribution in [0.4, 0.5) is 0 Å². The van der Waals surface area contributed by atoms with Crippen molar-refractivity contribution in [3.8, 4) is 5.75 Å². The molecule has 0 aliphatic carbocycles. The predicted molar refractivity (Wildman–Crippen MR) is 72.6 cm³/mol. The lowest BCUT2D eigenvalue weighted by Gasteiger charge is -2.25. The van der Waals surface area contributed by atoms with Crippen molar-refractivity contribution in [1.82, 2.24) is 3.71 Å². The number of methoxy groups -OCH3 is 1. The van der Waals surface area contributed by atoms with Gasteiger partial charge in [-0.2, -0.15) is 0 Å². The number of nitrogens with zero attached hydrogens (tertiary/aromatic N) is 2. The summed E-state index contributed by atoms with van der Waals surface area (Å²) in [4.78, 5) is 4.61. The Morgan fingerprint density at radius 1 is 1.44 bits per heavy atom. The molecule has 1 aromatic carbocycles. The summed E-state index contributed by atoms with van der Waals surface area (Å²) >= 11 is 1.12. The fraction of sp³-hybridized carbons (Fsp3) is 0.364. The lowest BCUT2D eigenvalue weighted by molar-refractivity contribution is 0.414. The third-order valence-corrected chi connectivity index (χ3v) is 5.73. The molecule has 1 heterocycles. The van der Waals surface area contributed by atoms with Gasteiger partial charge < -0.3 is 4.74 Å². The largest absolute Gasteiger partial charge is 0.497 e. The first kappa shape index (κ1) is 13.4. The summed E-state index contributed by atoms with van der Waals surface area (Å²) < 4.78 is 30.7. The molecule has 1 aliphatic heterocycles. The molecule has 1 aliphatic rings. The molecule has 98 valence electrons. The molecule has 5 nitrogen and oxygen atoms in total. The van der Waals surface area contributed by atoms with Crippen molar-refractivity contribution in [2.24, 2.45) is 4.99 Å². The van der Waals surface area contributed by atoms with E-state index in [9.17, 15) is 8.42 Å². The summed E-state index contributed by atoms with van der Waals surface area (Å²) in [7, 11) is -0.360. The smallest absolute Gasteiger partial charge is 0.253 e. The Hall–Kier alpha value is -1.05. The monoisotopic (exact) mass is 286 g/mol. The molecule has 0 N–H and O–H groups in total. The highest BCUT2D eigenvalue weighted by Gasteiger charge is 2.33. The maximum Gasteiger partial charge on any atom is 0.253 e. The van der Waals surface area contributed by atoms with Crippen molar-refractivity contribution < 1.29 is 13.2 Å². The van der Waals surface area contributed by atoms with Gasteiger partial charge in [-0.05, 0) is 37.1 Å². The number of aliphatic imine (C=N–C) groups is 1.